The molecule has 1 N–H and O–H groups in total. The van der Waals surface area contributed by atoms with Crippen molar-refractivity contribution < 1.29 is 13.5 Å². The Bertz CT molecular complexity index is 858. The molecule has 2 aromatic rings. The van der Waals surface area contributed by atoms with Gasteiger partial charge in [-0.2, -0.15) is 4.31 Å². The number of hydrogen-bond donors (Lipinski definition) is 1. The molecule has 1 saturated heterocycles. The van der Waals surface area contributed by atoms with Crippen molar-refractivity contribution in [3.8, 4) is 5.75 Å². The third kappa shape index (κ3) is 3.68. The van der Waals surface area contributed by atoms with Gasteiger partial charge in [0, 0.05) is 29.3 Å². The summed E-state index contributed by atoms with van der Waals surface area (Å²) in [6, 6.07) is 11.5. The molecular formula is C17H17BrN2O3S. The number of aliphatic imine (C=N–C) groups is 1. The number of aromatic hydroxyl groups is 1. The van der Waals surface area contributed by atoms with Crippen molar-refractivity contribution in [3.63, 3.8) is 0 Å². The minimum Gasteiger partial charge on any atom is -0.507 e. The van der Waals surface area contributed by atoms with Crippen molar-refractivity contribution in [1.82, 2.24) is 4.31 Å². The number of halogens is 1. The van der Waals surface area contributed by atoms with Crippen LogP contribution in [0.3, 0.4) is 0 Å². The Labute approximate surface area is 149 Å². The molecule has 0 atom stereocenters. The second kappa shape index (κ2) is 7.04. The average Bonchev–Trinajstić information content (AvgIpc) is 3.11. The molecule has 0 aromatic heterocycles. The number of phenolic OH excluding ortho intramolecular Hbond substituents is 1. The van der Waals surface area contributed by atoms with Gasteiger partial charge in [-0.3, -0.25) is 4.99 Å². The van der Waals surface area contributed by atoms with Crippen molar-refractivity contribution in [1.29, 1.82) is 0 Å². The van der Waals surface area contributed by atoms with Crippen molar-refractivity contribution in [2.45, 2.75) is 17.7 Å². The average molecular weight is 409 g/mol. The largest absolute Gasteiger partial charge is 0.507 e. The molecule has 1 heterocycles. The zero-order valence-corrected chi connectivity index (χ0v) is 15.3. The van der Waals surface area contributed by atoms with Gasteiger partial charge in [0.15, 0.2) is 0 Å². The van der Waals surface area contributed by atoms with Crippen molar-refractivity contribution in [2.75, 3.05) is 13.1 Å². The number of rotatable bonds is 4. The van der Waals surface area contributed by atoms with Gasteiger partial charge >= 0.3 is 0 Å². The number of sulfonamides is 1. The summed E-state index contributed by atoms with van der Waals surface area (Å²) in [6.45, 7) is 1.18. The highest BCUT2D eigenvalue weighted by molar-refractivity contribution is 9.10. The van der Waals surface area contributed by atoms with Gasteiger partial charge < -0.3 is 5.11 Å². The molecule has 1 aliphatic rings. The SMILES string of the molecule is O=S(=O)(c1ccc(N=Cc2cc(Br)ccc2O)cc1)N1CCCC1. The third-order valence-electron chi connectivity index (χ3n) is 3.88. The van der Waals surface area contributed by atoms with Crippen molar-refractivity contribution in [3.05, 3.63) is 52.5 Å². The van der Waals surface area contributed by atoms with Crippen LogP contribution in [0.2, 0.25) is 0 Å². The number of benzene rings is 2. The maximum atomic E-state index is 12.5. The summed E-state index contributed by atoms with van der Waals surface area (Å²) >= 11 is 3.34. The molecule has 7 heteroatoms. The van der Waals surface area contributed by atoms with E-state index in [1.54, 1.807) is 48.7 Å². The molecule has 2 aromatic carbocycles. The van der Waals surface area contributed by atoms with Crippen LogP contribution in [0.4, 0.5) is 5.69 Å². The quantitative estimate of drug-likeness (QED) is 0.784. The van der Waals surface area contributed by atoms with E-state index in [2.05, 4.69) is 20.9 Å². The highest BCUT2D eigenvalue weighted by Crippen LogP contribution is 2.24. The van der Waals surface area contributed by atoms with Crippen molar-refractivity contribution >= 4 is 37.9 Å². The van der Waals surface area contributed by atoms with E-state index >= 15 is 0 Å². The third-order valence-corrected chi connectivity index (χ3v) is 6.29. The second-order valence-corrected chi connectivity index (χ2v) is 8.42. The Morgan fingerprint density at radius 3 is 2.42 bits per heavy atom. The van der Waals surface area contributed by atoms with Gasteiger partial charge in [0.25, 0.3) is 0 Å². The molecule has 5 nitrogen and oxygen atoms in total. The molecule has 126 valence electrons. The normalized spacial score (nSPS) is 16.0. The lowest BCUT2D eigenvalue weighted by Gasteiger charge is -2.15. The first-order chi connectivity index (χ1) is 11.5. The Morgan fingerprint density at radius 1 is 1.08 bits per heavy atom. The maximum absolute atomic E-state index is 12.5. The molecule has 0 unspecified atom stereocenters. The highest BCUT2D eigenvalue weighted by atomic mass is 79.9. The van der Waals surface area contributed by atoms with E-state index in [0.717, 1.165) is 17.3 Å². The fourth-order valence-electron chi connectivity index (χ4n) is 2.55. The summed E-state index contributed by atoms with van der Waals surface area (Å²) < 4.78 is 27.3. The van der Waals surface area contributed by atoms with Gasteiger partial charge in [-0.1, -0.05) is 15.9 Å². The topological polar surface area (TPSA) is 70.0 Å². The highest BCUT2D eigenvalue weighted by Gasteiger charge is 2.26. The van der Waals surface area contributed by atoms with Gasteiger partial charge in [-0.25, -0.2) is 8.42 Å². The lowest BCUT2D eigenvalue weighted by molar-refractivity contribution is 0.474. The molecule has 0 aliphatic carbocycles. The molecule has 24 heavy (non-hydrogen) atoms. The van der Waals surface area contributed by atoms with E-state index < -0.39 is 10.0 Å². The lowest BCUT2D eigenvalue weighted by atomic mass is 10.2. The molecule has 0 spiro atoms. The maximum Gasteiger partial charge on any atom is 0.243 e. The monoisotopic (exact) mass is 408 g/mol. The Morgan fingerprint density at radius 2 is 1.75 bits per heavy atom. The summed E-state index contributed by atoms with van der Waals surface area (Å²) in [5.74, 6) is 0.134. The van der Waals surface area contributed by atoms with Crippen LogP contribution in [0.15, 0.2) is 56.8 Å². The number of nitrogens with zero attached hydrogens (tertiary/aromatic N) is 2. The predicted octanol–water partition coefficient (Wildman–Crippen LogP) is 3.69. The van der Waals surface area contributed by atoms with Crippen LogP contribution in [-0.4, -0.2) is 37.1 Å². The molecule has 0 radical (unpaired) electrons. The van der Waals surface area contributed by atoms with Crippen LogP contribution in [-0.2, 0) is 10.0 Å². The van der Waals surface area contributed by atoms with E-state index in [1.807, 2.05) is 0 Å². The minimum absolute atomic E-state index is 0.134. The zero-order valence-electron chi connectivity index (χ0n) is 12.9. The molecular weight excluding hydrogens is 392 g/mol. The first-order valence-electron chi connectivity index (χ1n) is 7.59. The van der Waals surface area contributed by atoms with Crippen molar-refractivity contribution in [2.24, 2.45) is 4.99 Å². The van der Waals surface area contributed by atoms with Gasteiger partial charge in [0.2, 0.25) is 10.0 Å². The van der Waals surface area contributed by atoms with Crippen LogP contribution >= 0.6 is 15.9 Å². The van der Waals surface area contributed by atoms with Crippen LogP contribution in [0, 0.1) is 0 Å². The van der Waals surface area contributed by atoms with Crippen LogP contribution < -0.4 is 0 Å². The van der Waals surface area contributed by atoms with E-state index in [-0.39, 0.29) is 10.6 Å². The van der Waals surface area contributed by atoms with E-state index in [9.17, 15) is 13.5 Å². The number of phenols is 1. The lowest BCUT2D eigenvalue weighted by Crippen LogP contribution is -2.27. The summed E-state index contributed by atoms with van der Waals surface area (Å²) in [6.07, 6.45) is 3.37. The first kappa shape index (κ1) is 17.1. The molecule has 0 bridgehead atoms. The molecule has 1 aliphatic heterocycles. The fraction of sp³-hybridized carbons (Fsp3) is 0.235. The Balaban J connectivity index is 1.79. The van der Waals surface area contributed by atoms with E-state index in [4.69, 9.17) is 0 Å². The smallest absolute Gasteiger partial charge is 0.243 e. The van der Waals surface area contributed by atoms with Gasteiger partial charge in [0.05, 0.1) is 10.6 Å². The summed E-state index contributed by atoms with van der Waals surface area (Å²) in [4.78, 5) is 4.57. The minimum atomic E-state index is -3.40. The molecule has 0 saturated carbocycles. The second-order valence-electron chi connectivity index (χ2n) is 5.57. The molecule has 3 rings (SSSR count). The summed E-state index contributed by atoms with van der Waals surface area (Å²) in [5.41, 5.74) is 1.20. The Kier molecular flexibility index (Phi) is 5.03. The standard InChI is InChI=1S/C17H17BrN2O3S/c18-14-3-8-17(21)13(11-14)12-19-15-4-6-16(7-5-15)24(22,23)20-9-1-2-10-20/h3-8,11-12,21H,1-2,9-10H2. The predicted molar refractivity (Wildman–Crippen MR) is 97.5 cm³/mol. The molecule has 1 fully saturated rings. The summed E-state index contributed by atoms with van der Waals surface area (Å²) in [7, 11) is -3.40. The summed E-state index contributed by atoms with van der Waals surface area (Å²) in [5, 5.41) is 9.79. The zero-order chi connectivity index (χ0) is 17.2. The van der Waals surface area contributed by atoms with Gasteiger partial charge in [-0.15, -0.1) is 0 Å². The van der Waals surface area contributed by atoms with Crippen LogP contribution in [0.1, 0.15) is 18.4 Å². The van der Waals surface area contributed by atoms with E-state index in [1.165, 1.54) is 4.31 Å². The molecule has 0 amide bonds. The van der Waals surface area contributed by atoms with Crippen LogP contribution in [0.5, 0.6) is 5.75 Å². The van der Waals surface area contributed by atoms with Gasteiger partial charge in [0.1, 0.15) is 5.75 Å². The fourth-order valence-corrected chi connectivity index (χ4v) is 4.45. The van der Waals surface area contributed by atoms with Gasteiger partial charge in [-0.05, 0) is 55.3 Å². The first-order valence-corrected chi connectivity index (χ1v) is 9.83. The Hall–Kier alpha value is -1.70. The van der Waals surface area contributed by atoms with E-state index in [0.29, 0.717) is 24.3 Å². The van der Waals surface area contributed by atoms with Crippen LogP contribution in [0.25, 0.3) is 0 Å². The number of hydrogen-bond acceptors (Lipinski definition) is 4.